The molecule has 0 aromatic carbocycles. The first-order valence-corrected chi connectivity index (χ1v) is 9.76. The van der Waals surface area contributed by atoms with E-state index in [4.69, 9.17) is 10.8 Å². The summed E-state index contributed by atoms with van der Waals surface area (Å²) in [6.45, 7) is 6.37. The topological polar surface area (TPSA) is 78.0 Å². The highest BCUT2D eigenvalue weighted by molar-refractivity contribution is 7.91. The molecular weight excluding hydrogens is 286 g/mol. The third-order valence-corrected chi connectivity index (χ3v) is 6.20. The van der Waals surface area contributed by atoms with E-state index in [1.165, 1.54) is 0 Å². The summed E-state index contributed by atoms with van der Waals surface area (Å²) in [4.78, 5) is 0. The van der Waals surface area contributed by atoms with Gasteiger partial charge in [0.1, 0.15) is 5.82 Å². The maximum atomic E-state index is 11.7. The molecule has 2 heterocycles. The zero-order valence-corrected chi connectivity index (χ0v) is 14.1. The number of nitrogens with zero attached hydrogens (tertiary/aromatic N) is 2. The average Bonchev–Trinajstić information content (AvgIpc) is 2.91. The zero-order chi connectivity index (χ0) is 15.6. The van der Waals surface area contributed by atoms with E-state index in [0.29, 0.717) is 18.2 Å². The predicted octanol–water partition coefficient (Wildman–Crippen LogP) is 2.82. The van der Waals surface area contributed by atoms with Crippen LogP contribution in [0.15, 0.2) is 0 Å². The molecular formula is C15H27N3O2S. The molecule has 120 valence electrons. The SMILES string of the molecule is CCCC(CCC)c1nn(C2CCS(=O)(=O)C2)c(N)c1C. The van der Waals surface area contributed by atoms with Crippen molar-refractivity contribution in [2.75, 3.05) is 17.2 Å². The molecule has 0 aliphatic carbocycles. The Morgan fingerprint density at radius 3 is 2.43 bits per heavy atom. The molecule has 21 heavy (non-hydrogen) atoms. The molecule has 1 aliphatic heterocycles. The van der Waals surface area contributed by atoms with E-state index in [1.807, 2.05) is 6.92 Å². The van der Waals surface area contributed by atoms with Gasteiger partial charge in [-0.3, -0.25) is 0 Å². The van der Waals surface area contributed by atoms with E-state index in [1.54, 1.807) is 4.68 Å². The molecule has 2 rings (SSSR count). The van der Waals surface area contributed by atoms with Crippen molar-refractivity contribution < 1.29 is 8.42 Å². The lowest BCUT2D eigenvalue weighted by atomic mass is 9.93. The fraction of sp³-hybridized carbons (Fsp3) is 0.800. The highest BCUT2D eigenvalue weighted by Crippen LogP contribution is 2.34. The van der Waals surface area contributed by atoms with Crippen LogP contribution in [0, 0.1) is 6.92 Å². The van der Waals surface area contributed by atoms with Gasteiger partial charge >= 0.3 is 0 Å². The zero-order valence-electron chi connectivity index (χ0n) is 13.3. The highest BCUT2D eigenvalue weighted by Gasteiger charge is 2.32. The number of aromatic nitrogens is 2. The molecule has 1 fully saturated rings. The van der Waals surface area contributed by atoms with Crippen LogP contribution in [0.1, 0.15) is 69.2 Å². The molecule has 1 saturated heterocycles. The van der Waals surface area contributed by atoms with Gasteiger partial charge in [-0.15, -0.1) is 0 Å². The van der Waals surface area contributed by atoms with Gasteiger partial charge in [0.15, 0.2) is 9.84 Å². The van der Waals surface area contributed by atoms with Crippen molar-refractivity contribution in [1.82, 2.24) is 9.78 Å². The minimum Gasteiger partial charge on any atom is -0.384 e. The summed E-state index contributed by atoms with van der Waals surface area (Å²) < 4.78 is 25.1. The maximum absolute atomic E-state index is 11.7. The number of anilines is 1. The van der Waals surface area contributed by atoms with Gasteiger partial charge in [-0.25, -0.2) is 13.1 Å². The van der Waals surface area contributed by atoms with Gasteiger partial charge in [0, 0.05) is 11.5 Å². The van der Waals surface area contributed by atoms with Crippen LogP contribution >= 0.6 is 0 Å². The van der Waals surface area contributed by atoms with Crippen molar-refractivity contribution in [2.24, 2.45) is 0 Å². The Morgan fingerprint density at radius 1 is 1.33 bits per heavy atom. The average molecular weight is 313 g/mol. The number of nitrogen functional groups attached to an aromatic ring is 1. The minimum absolute atomic E-state index is 0.0913. The molecule has 1 aliphatic rings. The van der Waals surface area contributed by atoms with E-state index in [9.17, 15) is 8.42 Å². The van der Waals surface area contributed by atoms with Gasteiger partial charge in [-0.1, -0.05) is 26.7 Å². The molecule has 6 heteroatoms. The van der Waals surface area contributed by atoms with E-state index >= 15 is 0 Å². The Balaban J connectivity index is 2.31. The van der Waals surface area contributed by atoms with Crippen LogP contribution in [-0.2, 0) is 9.84 Å². The van der Waals surface area contributed by atoms with E-state index in [-0.39, 0.29) is 17.5 Å². The van der Waals surface area contributed by atoms with Crippen molar-refractivity contribution in [1.29, 1.82) is 0 Å². The summed E-state index contributed by atoms with van der Waals surface area (Å²) >= 11 is 0. The number of rotatable bonds is 6. The van der Waals surface area contributed by atoms with E-state index in [0.717, 1.165) is 36.9 Å². The van der Waals surface area contributed by atoms with Crippen LogP contribution in [0.3, 0.4) is 0 Å². The summed E-state index contributed by atoms with van der Waals surface area (Å²) in [5.41, 5.74) is 8.31. The molecule has 2 N–H and O–H groups in total. The Labute approximate surface area is 127 Å². The fourth-order valence-electron chi connectivity index (χ4n) is 3.30. The molecule has 1 aromatic heterocycles. The van der Waals surface area contributed by atoms with Crippen LogP contribution in [-0.4, -0.2) is 29.7 Å². The third kappa shape index (κ3) is 3.42. The Kier molecular flexibility index (Phi) is 4.96. The van der Waals surface area contributed by atoms with Crippen LogP contribution in [0.2, 0.25) is 0 Å². The quantitative estimate of drug-likeness (QED) is 0.876. The summed E-state index contributed by atoms with van der Waals surface area (Å²) in [5, 5.41) is 4.72. The molecule has 1 aromatic rings. The lowest BCUT2D eigenvalue weighted by molar-refractivity contribution is 0.481. The molecule has 5 nitrogen and oxygen atoms in total. The molecule has 0 bridgehead atoms. The lowest BCUT2D eigenvalue weighted by Crippen LogP contribution is -2.15. The van der Waals surface area contributed by atoms with Gasteiger partial charge in [0.2, 0.25) is 0 Å². The van der Waals surface area contributed by atoms with Crippen molar-refractivity contribution in [3.8, 4) is 0 Å². The van der Waals surface area contributed by atoms with Crippen molar-refractivity contribution in [2.45, 2.75) is 64.8 Å². The first-order valence-electron chi connectivity index (χ1n) is 7.94. The predicted molar refractivity (Wildman–Crippen MR) is 86.2 cm³/mol. The number of hydrogen-bond acceptors (Lipinski definition) is 4. The Hall–Kier alpha value is -1.04. The van der Waals surface area contributed by atoms with Gasteiger partial charge < -0.3 is 5.73 Å². The van der Waals surface area contributed by atoms with Crippen molar-refractivity contribution >= 4 is 15.7 Å². The normalized spacial score (nSPS) is 21.2. The standard InChI is InChI=1S/C15H27N3O2S/c1-4-6-12(7-5-2)14-11(3)15(16)18(17-14)13-8-9-21(19,20)10-13/h12-13H,4-10,16H2,1-3H3. The van der Waals surface area contributed by atoms with Gasteiger partial charge in [-0.05, 0) is 26.2 Å². The maximum Gasteiger partial charge on any atom is 0.152 e. The summed E-state index contributed by atoms with van der Waals surface area (Å²) in [6.07, 6.45) is 5.07. The minimum atomic E-state index is -2.92. The van der Waals surface area contributed by atoms with Gasteiger partial charge in [0.25, 0.3) is 0 Å². The largest absolute Gasteiger partial charge is 0.384 e. The number of sulfone groups is 1. The summed E-state index contributed by atoms with van der Waals surface area (Å²) in [5.74, 6) is 1.49. The lowest BCUT2D eigenvalue weighted by Gasteiger charge is -2.14. The molecule has 0 spiro atoms. The molecule has 1 atom stereocenters. The summed E-state index contributed by atoms with van der Waals surface area (Å²) in [6, 6.07) is -0.0913. The molecule has 0 radical (unpaired) electrons. The van der Waals surface area contributed by atoms with Gasteiger partial charge in [-0.2, -0.15) is 5.10 Å². The van der Waals surface area contributed by atoms with Gasteiger partial charge in [0.05, 0.1) is 23.2 Å². The Bertz CT molecular complexity index is 586. The van der Waals surface area contributed by atoms with Crippen LogP contribution < -0.4 is 5.73 Å². The van der Waals surface area contributed by atoms with E-state index < -0.39 is 9.84 Å². The fourth-order valence-corrected chi connectivity index (χ4v) is 4.99. The van der Waals surface area contributed by atoms with Crippen LogP contribution in [0.4, 0.5) is 5.82 Å². The van der Waals surface area contributed by atoms with Crippen LogP contribution in [0.5, 0.6) is 0 Å². The van der Waals surface area contributed by atoms with Crippen molar-refractivity contribution in [3.05, 3.63) is 11.3 Å². The van der Waals surface area contributed by atoms with Crippen molar-refractivity contribution in [3.63, 3.8) is 0 Å². The second-order valence-corrected chi connectivity index (χ2v) is 8.40. The second-order valence-electron chi connectivity index (χ2n) is 6.17. The molecule has 0 saturated carbocycles. The van der Waals surface area contributed by atoms with E-state index in [2.05, 4.69) is 13.8 Å². The highest BCUT2D eigenvalue weighted by atomic mass is 32.2. The van der Waals surface area contributed by atoms with Crippen LogP contribution in [0.25, 0.3) is 0 Å². The third-order valence-electron chi connectivity index (χ3n) is 4.45. The molecule has 0 amide bonds. The number of hydrogen-bond donors (Lipinski definition) is 1. The molecule has 1 unspecified atom stereocenters. The smallest absolute Gasteiger partial charge is 0.152 e. The Morgan fingerprint density at radius 2 is 1.95 bits per heavy atom. The summed E-state index contributed by atoms with van der Waals surface area (Å²) in [7, 11) is -2.92. The number of nitrogens with two attached hydrogens (primary N) is 1. The monoisotopic (exact) mass is 313 g/mol. The first-order chi connectivity index (χ1) is 9.89. The first kappa shape index (κ1) is 16.3. The second kappa shape index (κ2) is 6.38.